The Morgan fingerprint density at radius 3 is 2.19 bits per heavy atom. The van der Waals surface area contributed by atoms with Gasteiger partial charge in [-0.2, -0.15) is 0 Å². The normalized spacial score (nSPS) is 20.1. The Labute approximate surface area is 290 Å². The molecule has 1 aromatic heterocycles. The zero-order valence-corrected chi connectivity index (χ0v) is 28.8. The van der Waals surface area contributed by atoms with Crippen molar-refractivity contribution in [2.24, 2.45) is 0 Å². The highest BCUT2D eigenvalue weighted by Gasteiger charge is 2.36. The SMILES string of the molecule is O=C(NS(=O)(=O)C1CCCCC1)c1ccc([C@@H]2CC[C@H]2c2ccc(OCc3c(-c4c(Cl)cccc4Cl)noc3C3CC3)cc2Cl)cc1. The molecule has 47 heavy (non-hydrogen) atoms. The van der Waals surface area contributed by atoms with E-state index in [4.69, 9.17) is 44.1 Å². The number of benzene rings is 3. The monoisotopic (exact) mass is 712 g/mol. The molecule has 3 fully saturated rings. The molecule has 3 aliphatic carbocycles. The second-order valence-corrected chi connectivity index (χ2v) is 16.0. The molecule has 0 saturated heterocycles. The molecule has 7 nitrogen and oxygen atoms in total. The first-order chi connectivity index (χ1) is 22.7. The highest BCUT2D eigenvalue weighted by molar-refractivity contribution is 7.90. The van der Waals surface area contributed by atoms with Gasteiger partial charge in [-0.15, -0.1) is 0 Å². The van der Waals surface area contributed by atoms with Gasteiger partial charge in [0.15, 0.2) is 0 Å². The van der Waals surface area contributed by atoms with Crippen LogP contribution in [0.15, 0.2) is 65.2 Å². The second-order valence-electron chi connectivity index (χ2n) is 12.9. The van der Waals surface area contributed by atoms with Crippen LogP contribution in [0.3, 0.4) is 0 Å². The highest BCUT2D eigenvalue weighted by atomic mass is 35.5. The van der Waals surface area contributed by atoms with Crippen molar-refractivity contribution in [3.8, 4) is 17.0 Å². The lowest BCUT2D eigenvalue weighted by molar-refractivity contribution is 0.0980. The number of carbonyl (C=O) groups is 1. The minimum atomic E-state index is -3.69. The van der Waals surface area contributed by atoms with Crippen molar-refractivity contribution in [2.45, 2.75) is 87.4 Å². The van der Waals surface area contributed by atoms with Gasteiger partial charge in [-0.3, -0.25) is 4.79 Å². The third-order valence-electron chi connectivity index (χ3n) is 9.82. The zero-order valence-electron chi connectivity index (χ0n) is 25.7. The van der Waals surface area contributed by atoms with E-state index in [9.17, 15) is 13.2 Å². The van der Waals surface area contributed by atoms with Crippen LogP contribution in [0, 0.1) is 0 Å². The Morgan fingerprint density at radius 1 is 0.851 bits per heavy atom. The molecule has 246 valence electrons. The fourth-order valence-corrected chi connectivity index (χ4v) is 9.29. The number of hydrogen-bond acceptors (Lipinski definition) is 6. The summed E-state index contributed by atoms with van der Waals surface area (Å²) < 4.78 is 39.8. The van der Waals surface area contributed by atoms with Crippen molar-refractivity contribution in [3.63, 3.8) is 0 Å². The Morgan fingerprint density at radius 2 is 1.55 bits per heavy atom. The Kier molecular flexibility index (Phi) is 9.31. The predicted octanol–water partition coefficient (Wildman–Crippen LogP) is 9.81. The summed E-state index contributed by atoms with van der Waals surface area (Å²) in [6.45, 7) is 0.232. The molecule has 0 radical (unpaired) electrons. The Hall–Kier alpha value is -3.04. The molecule has 7 rings (SSSR count). The highest BCUT2D eigenvalue weighted by Crippen LogP contribution is 2.51. The maximum atomic E-state index is 12.8. The van der Waals surface area contributed by atoms with Gasteiger partial charge >= 0.3 is 0 Å². The van der Waals surface area contributed by atoms with Gasteiger partial charge in [-0.25, -0.2) is 13.1 Å². The summed E-state index contributed by atoms with van der Waals surface area (Å²) in [7, 11) is -3.69. The molecule has 0 aliphatic heterocycles. The first-order valence-corrected chi connectivity index (χ1v) is 18.9. The molecule has 0 bridgehead atoms. The van der Waals surface area contributed by atoms with E-state index in [1.807, 2.05) is 30.3 Å². The molecule has 3 aromatic carbocycles. The molecule has 11 heteroatoms. The van der Waals surface area contributed by atoms with Crippen LogP contribution in [0.5, 0.6) is 5.75 Å². The van der Waals surface area contributed by atoms with Crippen LogP contribution in [0.2, 0.25) is 15.1 Å². The van der Waals surface area contributed by atoms with Crippen molar-refractivity contribution in [3.05, 3.63) is 104 Å². The largest absolute Gasteiger partial charge is 0.489 e. The van der Waals surface area contributed by atoms with Gasteiger partial charge in [-0.05, 0) is 97.9 Å². The van der Waals surface area contributed by atoms with Crippen molar-refractivity contribution in [1.29, 1.82) is 0 Å². The molecule has 2 atom stereocenters. The van der Waals surface area contributed by atoms with E-state index < -0.39 is 21.2 Å². The van der Waals surface area contributed by atoms with Gasteiger partial charge in [0.05, 0.1) is 20.9 Å². The molecule has 3 saturated carbocycles. The van der Waals surface area contributed by atoms with Gasteiger partial charge in [0.1, 0.15) is 23.8 Å². The zero-order chi connectivity index (χ0) is 32.7. The maximum Gasteiger partial charge on any atom is 0.264 e. The van der Waals surface area contributed by atoms with Gasteiger partial charge in [-0.1, -0.05) is 83.5 Å². The average Bonchev–Trinajstić information content (AvgIpc) is 3.81. The number of nitrogens with zero attached hydrogens (tertiary/aromatic N) is 1. The van der Waals surface area contributed by atoms with Crippen LogP contribution >= 0.6 is 34.8 Å². The van der Waals surface area contributed by atoms with Crippen LogP contribution in [0.4, 0.5) is 0 Å². The van der Waals surface area contributed by atoms with Crippen molar-refractivity contribution >= 4 is 50.7 Å². The van der Waals surface area contributed by atoms with Gasteiger partial charge in [0.2, 0.25) is 10.0 Å². The van der Waals surface area contributed by atoms with Crippen LogP contribution in [-0.2, 0) is 16.6 Å². The summed E-state index contributed by atoms with van der Waals surface area (Å²) in [5, 5.41) is 5.47. The number of nitrogens with one attached hydrogen (secondary N) is 1. The fraction of sp³-hybridized carbons (Fsp3) is 0.389. The fourth-order valence-electron chi connectivity index (χ4n) is 6.90. The van der Waals surface area contributed by atoms with Gasteiger partial charge < -0.3 is 9.26 Å². The van der Waals surface area contributed by atoms with E-state index in [2.05, 4.69) is 9.88 Å². The minimum absolute atomic E-state index is 0.219. The number of rotatable bonds is 10. The third kappa shape index (κ3) is 6.80. The molecule has 1 heterocycles. The number of hydrogen-bond donors (Lipinski definition) is 1. The molecule has 0 unspecified atom stereocenters. The van der Waals surface area contributed by atoms with Crippen molar-refractivity contribution in [1.82, 2.24) is 9.88 Å². The van der Waals surface area contributed by atoms with E-state index >= 15 is 0 Å². The lowest BCUT2D eigenvalue weighted by Crippen LogP contribution is -2.39. The quantitative estimate of drug-likeness (QED) is 0.176. The third-order valence-corrected chi connectivity index (χ3v) is 12.6. The Bertz CT molecular complexity index is 1880. The van der Waals surface area contributed by atoms with E-state index in [-0.39, 0.29) is 18.4 Å². The van der Waals surface area contributed by atoms with Crippen molar-refractivity contribution < 1.29 is 22.5 Å². The van der Waals surface area contributed by atoms with Gasteiger partial charge in [0.25, 0.3) is 5.91 Å². The molecule has 1 amide bonds. The lowest BCUT2D eigenvalue weighted by Gasteiger charge is -2.38. The van der Waals surface area contributed by atoms with Crippen LogP contribution in [0.25, 0.3) is 11.3 Å². The first kappa shape index (κ1) is 32.5. The predicted molar refractivity (Wildman–Crippen MR) is 184 cm³/mol. The summed E-state index contributed by atoms with van der Waals surface area (Å²) in [5.74, 6) is 1.64. The first-order valence-electron chi connectivity index (χ1n) is 16.2. The number of halogens is 3. The number of aromatic nitrogens is 1. The van der Waals surface area contributed by atoms with E-state index in [1.165, 1.54) is 0 Å². The number of amides is 1. The standard InChI is InChI=1S/C36H35Cl3N2O5S/c37-30-7-4-8-31(38)33(30)34-29(35(46-40-34)22-11-12-22)20-45-24-15-16-28(32(39)19-24)27-18-17-26(27)21-9-13-23(14-10-21)36(42)41-47(43,44)25-5-2-1-3-6-25/h4,7-10,13-16,19,22,25-27H,1-3,5-6,11-12,17-18,20H2,(H,41,42)/t26-,27+/m0/s1. The lowest BCUT2D eigenvalue weighted by atomic mass is 9.67. The Balaban J connectivity index is 1.02. The van der Waals surface area contributed by atoms with Crippen LogP contribution in [0.1, 0.15) is 108 Å². The smallest absolute Gasteiger partial charge is 0.264 e. The summed E-state index contributed by atoms with van der Waals surface area (Å²) in [6.07, 6.45) is 8.06. The van der Waals surface area contributed by atoms with Gasteiger partial charge in [0, 0.05) is 22.1 Å². The van der Waals surface area contributed by atoms with Crippen molar-refractivity contribution in [2.75, 3.05) is 0 Å². The molecule has 4 aromatic rings. The molecular formula is C36H35Cl3N2O5S. The van der Waals surface area contributed by atoms with Crippen LogP contribution < -0.4 is 9.46 Å². The molecule has 3 aliphatic rings. The molecule has 1 N–H and O–H groups in total. The molecule has 0 spiro atoms. The number of sulfonamides is 1. The second kappa shape index (κ2) is 13.5. The maximum absolute atomic E-state index is 12.8. The summed E-state index contributed by atoms with van der Waals surface area (Å²) in [5.41, 5.74) is 4.54. The molecular weight excluding hydrogens is 679 g/mol. The topological polar surface area (TPSA) is 98.5 Å². The minimum Gasteiger partial charge on any atom is -0.489 e. The van der Waals surface area contributed by atoms with E-state index in [0.717, 1.165) is 67.4 Å². The summed E-state index contributed by atoms with van der Waals surface area (Å²) in [6, 6.07) is 18.4. The number of carbonyl (C=O) groups excluding carboxylic acids is 1. The summed E-state index contributed by atoms with van der Waals surface area (Å²) in [4.78, 5) is 12.8. The average molecular weight is 714 g/mol. The number of ether oxygens (including phenoxy) is 1. The van der Waals surface area contributed by atoms with Crippen LogP contribution in [-0.4, -0.2) is 24.7 Å². The summed E-state index contributed by atoms with van der Waals surface area (Å²) >= 11 is 19.9. The van der Waals surface area contributed by atoms with E-state index in [1.54, 1.807) is 30.3 Å². The van der Waals surface area contributed by atoms with E-state index in [0.29, 0.717) is 56.4 Å².